The van der Waals surface area contributed by atoms with Crippen LogP contribution in [0.1, 0.15) is 155 Å². The van der Waals surface area contributed by atoms with Crippen molar-refractivity contribution in [2.45, 2.75) is 140 Å². The van der Waals surface area contributed by atoms with Gasteiger partial charge in [0.1, 0.15) is 0 Å². The van der Waals surface area contributed by atoms with E-state index in [9.17, 15) is 0 Å². The van der Waals surface area contributed by atoms with Gasteiger partial charge in [0.25, 0.3) is 0 Å². The Kier molecular flexibility index (Phi) is 7.09. The lowest BCUT2D eigenvalue weighted by molar-refractivity contribution is -0.254. The fourth-order valence-electron chi connectivity index (χ4n) is 13.0. The summed E-state index contributed by atoms with van der Waals surface area (Å²) in [6.07, 6.45) is 7.01. The SMILES string of the molecule is Cc1ccc(C2CCC(C)CC2)c2c1C(C)C1C(C)C3(C)C(C)C(C(C)C)C(C)CC3(C)C(C)C1(C)C2C. The van der Waals surface area contributed by atoms with E-state index in [0.717, 1.165) is 47.3 Å². The summed E-state index contributed by atoms with van der Waals surface area (Å²) < 4.78 is 0. The number of rotatable bonds is 2. The van der Waals surface area contributed by atoms with Crippen LogP contribution in [0.4, 0.5) is 0 Å². The van der Waals surface area contributed by atoms with Gasteiger partial charge in [-0.05, 0) is 130 Å². The van der Waals surface area contributed by atoms with E-state index in [4.69, 9.17) is 0 Å². The summed E-state index contributed by atoms with van der Waals surface area (Å²) in [5.41, 5.74) is 7.96. The lowest BCUT2D eigenvalue weighted by Gasteiger charge is -2.75. The quantitative estimate of drug-likeness (QED) is 0.365. The minimum absolute atomic E-state index is 0.328. The molecular weight excluding hydrogens is 456 g/mol. The van der Waals surface area contributed by atoms with Crippen LogP contribution in [0.2, 0.25) is 0 Å². The van der Waals surface area contributed by atoms with E-state index >= 15 is 0 Å². The highest BCUT2D eigenvalue weighted by atomic mass is 14.7. The van der Waals surface area contributed by atoms with Crippen molar-refractivity contribution in [3.8, 4) is 0 Å². The number of hydrogen-bond donors (Lipinski definition) is 0. The van der Waals surface area contributed by atoms with Crippen LogP contribution in [-0.4, -0.2) is 0 Å². The molecule has 0 heteroatoms. The molecule has 0 heterocycles. The summed E-state index contributed by atoms with van der Waals surface area (Å²) >= 11 is 0. The van der Waals surface area contributed by atoms with Gasteiger partial charge < -0.3 is 0 Å². The topological polar surface area (TPSA) is 0 Å². The molecule has 0 N–H and O–H groups in total. The Morgan fingerprint density at radius 3 is 1.97 bits per heavy atom. The summed E-state index contributed by atoms with van der Waals surface area (Å²) in [5, 5.41) is 0. The van der Waals surface area contributed by atoms with Gasteiger partial charge in [0.15, 0.2) is 0 Å². The Bertz CT molecular complexity index is 1040. The molecule has 214 valence electrons. The third-order valence-electron chi connectivity index (χ3n) is 15.4. The monoisotopic (exact) mass is 518 g/mol. The van der Waals surface area contributed by atoms with Crippen LogP contribution in [0.3, 0.4) is 0 Å². The minimum Gasteiger partial charge on any atom is -0.0625 e. The summed E-state index contributed by atoms with van der Waals surface area (Å²) in [6.45, 7) is 34.2. The van der Waals surface area contributed by atoms with E-state index in [1.165, 1.54) is 32.1 Å². The standard InChI is InChI=1S/C38H62/c1-21(2)32-24(5)20-36(11)29(10)37(12)26(7)34-31(30-17-14-22(3)15-18-30)19-16-23(4)33(34)25(6)35(37)28(9)38(36,13)27(32)8/h16,19,21-22,24-30,32,35H,14-15,17-18,20H2,1-13H3. The largest absolute Gasteiger partial charge is 0.0625 e. The van der Waals surface area contributed by atoms with Gasteiger partial charge in [-0.25, -0.2) is 0 Å². The third-order valence-corrected chi connectivity index (χ3v) is 15.4. The number of aryl methyl sites for hydroxylation is 1. The smallest absolute Gasteiger partial charge is 0.0125 e. The fourth-order valence-corrected chi connectivity index (χ4v) is 13.0. The Labute approximate surface area is 237 Å². The molecule has 0 bridgehead atoms. The second kappa shape index (κ2) is 9.38. The first-order valence-corrected chi connectivity index (χ1v) is 16.8. The van der Waals surface area contributed by atoms with Crippen molar-refractivity contribution < 1.29 is 0 Å². The summed E-state index contributed by atoms with van der Waals surface area (Å²) in [6, 6.07) is 5.10. The molecule has 11 atom stereocenters. The molecule has 0 saturated heterocycles. The maximum atomic E-state index is 2.77. The number of hydrogen-bond acceptors (Lipinski definition) is 0. The molecule has 1 aromatic rings. The first-order chi connectivity index (χ1) is 17.6. The molecule has 0 radical (unpaired) electrons. The molecule has 3 saturated carbocycles. The second-order valence-electron chi connectivity index (χ2n) is 16.7. The van der Waals surface area contributed by atoms with Crippen molar-refractivity contribution in [2.24, 2.45) is 63.6 Å². The lowest BCUT2D eigenvalue weighted by Crippen LogP contribution is -2.69. The van der Waals surface area contributed by atoms with Crippen LogP contribution in [-0.2, 0) is 0 Å². The first kappa shape index (κ1) is 28.7. The molecule has 11 unspecified atom stereocenters. The third kappa shape index (κ3) is 3.52. The minimum atomic E-state index is 0.328. The molecule has 5 rings (SSSR count). The van der Waals surface area contributed by atoms with Gasteiger partial charge in [-0.2, -0.15) is 0 Å². The lowest BCUT2D eigenvalue weighted by atomic mass is 9.29. The molecule has 4 aliphatic rings. The highest BCUT2D eigenvalue weighted by molar-refractivity contribution is 5.50. The highest BCUT2D eigenvalue weighted by Crippen LogP contribution is 2.77. The molecule has 3 fully saturated rings. The van der Waals surface area contributed by atoms with Gasteiger partial charge in [0.2, 0.25) is 0 Å². The van der Waals surface area contributed by atoms with E-state index in [2.05, 4.69) is 102 Å². The zero-order valence-corrected chi connectivity index (χ0v) is 27.5. The van der Waals surface area contributed by atoms with Gasteiger partial charge in [-0.1, -0.05) is 108 Å². The fraction of sp³-hybridized carbons (Fsp3) is 0.842. The van der Waals surface area contributed by atoms with Gasteiger partial charge >= 0.3 is 0 Å². The zero-order chi connectivity index (χ0) is 28.1. The van der Waals surface area contributed by atoms with Crippen LogP contribution in [0.25, 0.3) is 0 Å². The molecule has 38 heavy (non-hydrogen) atoms. The van der Waals surface area contributed by atoms with Crippen molar-refractivity contribution in [1.82, 2.24) is 0 Å². The Balaban J connectivity index is 1.69. The van der Waals surface area contributed by atoms with Crippen molar-refractivity contribution in [2.75, 3.05) is 0 Å². The van der Waals surface area contributed by atoms with Crippen LogP contribution in [0.15, 0.2) is 12.1 Å². The predicted octanol–water partition coefficient (Wildman–Crippen LogP) is 11.4. The Morgan fingerprint density at radius 2 is 1.39 bits per heavy atom. The molecule has 1 aromatic carbocycles. The van der Waals surface area contributed by atoms with E-state index in [1.807, 2.05) is 0 Å². The number of fused-ring (bicyclic) bond motifs is 3. The van der Waals surface area contributed by atoms with Gasteiger partial charge in [-0.3, -0.25) is 0 Å². The maximum Gasteiger partial charge on any atom is -0.0125 e. The summed E-state index contributed by atoms with van der Waals surface area (Å²) in [5.74, 6) is 8.29. The van der Waals surface area contributed by atoms with Crippen molar-refractivity contribution >= 4 is 0 Å². The van der Waals surface area contributed by atoms with E-state index in [-0.39, 0.29) is 0 Å². The zero-order valence-electron chi connectivity index (χ0n) is 27.5. The van der Waals surface area contributed by atoms with Crippen molar-refractivity contribution in [1.29, 1.82) is 0 Å². The van der Waals surface area contributed by atoms with E-state index in [0.29, 0.717) is 34.0 Å². The molecule has 0 spiro atoms. The van der Waals surface area contributed by atoms with Crippen LogP contribution in [0.5, 0.6) is 0 Å². The summed E-state index contributed by atoms with van der Waals surface area (Å²) in [4.78, 5) is 0. The van der Waals surface area contributed by atoms with Gasteiger partial charge in [0, 0.05) is 0 Å². The molecular formula is C38H62. The van der Waals surface area contributed by atoms with E-state index < -0.39 is 0 Å². The molecule has 4 aliphatic carbocycles. The maximum absolute atomic E-state index is 2.77. The van der Waals surface area contributed by atoms with Crippen LogP contribution < -0.4 is 0 Å². The van der Waals surface area contributed by atoms with Crippen molar-refractivity contribution in [3.63, 3.8) is 0 Å². The molecule has 0 aromatic heterocycles. The van der Waals surface area contributed by atoms with Gasteiger partial charge in [-0.15, -0.1) is 0 Å². The average Bonchev–Trinajstić information content (AvgIpc) is 2.85. The van der Waals surface area contributed by atoms with E-state index in [1.54, 1.807) is 22.3 Å². The summed E-state index contributed by atoms with van der Waals surface area (Å²) in [7, 11) is 0. The first-order valence-electron chi connectivity index (χ1n) is 16.8. The highest BCUT2D eigenvalue weighted by Gasteiger charge is 2.71. The predicted molar refractivity (Wildman–Crippen MR) is 166 cm³/mol. The number of benzene rings is 1. The molecule has 0 amide bonds. The van der Waals surface area contributed by atoms with Crippen LogP contribution >= 0.6 is 0 Å². The Hall–Kier alpha value is -0.780. The van der Waals surface area contributed by atoms with Crippen molar-refractivity contribution in [3.05, 3.63) is 34.4 Å². The normalized spacial score (nSPS) is 50.8. The molecule has 0 nitrogen and oxygen atoms in total. The van der Waals surface area contributed by atoms with Crippen LogP contribution in [0, 0.1) is 70.5 Å². The Morgan fingerprint density at radius 1 is 0.789 bits per heavy atom. The molecule has 0 aliphatic heterocycles. The second-order valence-corrected chi connectivity index (χ2v) is 16.7. The van der Waals surface area contributed by atoms with Gasteiger partial charge in [0.05, 0.1) is 0 Å². The average molecular weight is 519 g/mol.